The van der Waals surface area contributed by atoms with Crippen molar-refractivity contribution in [1.82, 2.24) is 9.80 Å². The number of hydrogen-bond acceptors (Lipinski definition) is 3. The molecule has 2 atom stereocenters. The molecule has 0 aromatic heterocycles. The van der Waals surface area contributed by atoms with Crippen LogP contribution in [0, 0.1) is 11.8 Å². The summed E-state index contributed by atoms with van der Waals surface area (Å²) < 4.78 is 0. The molecular weight excluding hydrogens is 304 g/mol. The average Bonchev–Trinajstić information content (AvgIpc) is 3.39. The van der Waals surface area contributed by atoms with Crippen molar-refractivity contribution in [3.05, 3.63) is 29.8 Å². The van der Waals surface area contributed by atoms with Crippen molar-refractivity contribution in [2.24, 2.45) is 11.8 Å². The maximum absolute atomic E-state index is 12.8. The van der Waals surface area contributed by atoms with E-state index in [1.807, 2.05) is 11.8 Å². The predicted octanol–water partition coefficient (Wildman–Crippen LogP) is 3.24. The van der Waals surface area contributed by atoms with Crippen LogP contribution < -0.4 is 0 Å². The SMILES string of the molecule is CSc1ccccc1CN1C[C@H]2CC[C@@H](C1)N(CC1CC1)C2=O. The Morgan fingerprint density at radius 1 is 1.13 bits per heavy atom. The van der Waals surface area contributed by atoms with Gasteiger partial charge in [0, 0.05) is 37.1 Å². The zero-order valence-electron chi connectivity index (χ0n) is 13.9. The van der Waals surface area contributed by atoms with Crippen LogP contribution in [0.15, 0.2) is 29.2 Å². The second-order valence-corrected chi connectivity index (χ2v) is 8.22. The molecular formula is C19H26N2OS. The molecule has 2 bridgehead atoms. The Bertz CT molecular complexity index is 586. The monoisotopic (exact) mass is 330 g/mol. The third-order valence-corrected chi connectivity index (χ3v) is 6.45. The number of hydrogen-bond donors (Lipinski definition) is 0. The summed E-state index contributed by atoms with van der Waals surface area (Å²) in [7, 11) is 0. The molecule has 4 aliphatic rings. The molecule has 124 valence electrons. The molecule has 3 nitrogen and oxygen atoms in total. The Labute approximate surface area is 143 Å². The van der Waals surface area contributed by atoms with Gasteiger partial charge in [0.2, 0.25) is 5.91 Å². The van der Waals surface area contributed by atoms with E-state index in [1.165, 1.54) is 29.7 Å². The van der Waals surface area contributed by atoms with Gasteiger partial charge in [0.15, 0.2) is 0 Å². The third-order valence-electron chi connectivity index (χ3n) is 5.61. The number of benzene rings is 1. The smallest absolute Gasteiger partial charge is 0.227 e. The lowest BCUT2D eigenvalue weighted by molar-refractivity contribution is -0.140. The van der Waals surface area contributed by atoms with Crippen molar-refractivity contribution < 1.29 is 4.79 Å². The Balaban J connectivity index is 1.50. The fraction of sp³-hybridized carbons (Fsp3) is 0.632. The standard InChI is InChI=1S/C19H26N2OS/c1-23-18-5-3-2-4-15(18)11-20-12-16-8-9-17(13-20)21(19(16)22)10-14-6-7-14/h2-5,14,16-17H,6-13H2,1H3/t16-,17+/m1/s1. The van der Waals surface area contributed by atoms with Gasteiger partial charge in [-0.05, 0) is 49.5 Å². The molecule has 0 spiro atoms. The maximum atomic E-state index is 12.8. The molecule has 4 heteroatoms. The Kier molecular flexibility index (Phi) is 4.37. The number of rotatable bonds is 5. The van der Waals surface area contributed by atoms with Gasteiger partial charge in [-0.1, -0.05) is 18.2 Å². The average molecular weight is 330 g/mol. The zero-order chi connectivity index (χ0) is 15.8. The van der Waals surface area contributed by atoms with Crippen LogP contribution in [0.4, 0.5) is 0 Å². The number of piperidine rings is 1. The van der Waals surface area contributed by atoms with E-state index in [0.717, 1.165) is 38.5 Å². The highest BCUT2D eigenvalue weighted by atomic mass is 32.2. The van der Waals surface area contributed by atoms with Crippen LogP contribution in [0.3, 0.4) is 0 Å². The molecule has 1 aromatic carbocycles. The second-order valence-electron chi connectivity index (χ2n) is 7.37. The van der Waals surface area contributed by atoms with Crippen molar-refractivity contribution >= 4 is 17.7 Å². The molecule has 0 N–H and O–H groups in total. The molecule has 4 fully saturated rings. The molecule has 3 aliphatic heterocycles. The fourth-order valence-corrected chi connectivity index (χ4v) is 4.76. The normalized spacial score (nSPS) is 28.2. The van der Waals surface area contributed by atoms with E-state index >= 15 is 0 Å². The Morgan fingerprint density at radius 2 is 1.96 bits per heavy atom. The number of fused-ring (bicyclic) bond motifs is 4. The minimum Gasteiger partial charge on any atom is -0.338 e. The summed E-state index contributed by atoms with van der Waals surface area (Å²) >= 11 is 1.82. The Morgan fingerprint density at radius 3 is 2.74 bits per heavy atom. The van der Waals surface area contributed by atoms with Gasteiger partial charge in [0.25, 0.3) is 0 Å². The van der Waals surface area contributed by atoms with Gasteiger partial charge < -0.3 is 4.90 Å². The molecule has 3 heterocycles. The van der Waals surface area contributed by atoms with Crippen molar-refractivity contribution in [1.29, 1.82) is 0 Å². The lowest BCUT2D eigenvalue weighted by Crippen LogP contribution is -2.48. The van der Waals surface area contributed by atoms with Crippen LogP contribution in [0.25, 0.3) is 0 Å². The van der Waals surface area contributed by atoms with E-state index in [0.29, 0.717) is 11.9 Å². The molecule has 3 saturated heterocycles. The van der Waals surface area contributed by atoms with Gasteiger partial charge >= 0.3 is 0 Å². The van der Waals surface area contributed by atoms with Crippen molar-refractivity contribution in [3.63, 3.8) is 0 Å². The maximum Gasteiger partial charge on any atom is 0.227 e. The van der Waals surface area contributed by atoms with E-state index in [4.69, 9.17) is 0 Å². The first kappa shape index (κ1) is 15.5. The first-order valence-corrected chi connectivity index (χ1v) is 10.1. The summed E-state index contributed by atoms with van der Waals surface area (Å²) in [5.41, 5.74) is 1.41. The number of thioether (sulfide) groups is 1. The van der Waals surface area contributed by atoms with Crippen molar-refractivity contribution in [3.8, 4) is 0 Å². The van der Waals surface area contributed by atoms with Crippen LogP contribution >= 0.6 is 11.8 Å². The van der Waals surface area contributed by atoms with Crippen LogP contribution in [0.2, 0.25) is 0 Å². The van der Waals surface area contributed by atoms with Crippen LogP contribution in [0.1, 0.15) is 31.2 Å². The van der Waals surface area contributed by atoms with E-state index in [-0.39, 0.29) is 5.92 Å². The summed E-state index contributed by atoms with van der Waals surface area (Å²) in [4.78, 5) is 18.9. The minimum atomic E-state index is 0.231. The second kappa shape index (κ2) is 6.48. The first-order valence-electron chi connectivity index (χ1n) is 8.89. The largest absolute Gasteiger partial charge is 0.338 e. The van der Waals surface area contributed by atoms with E-state index < -0.39 is 0 Å². The Hall–Kier alpha value is -1.00. The van der Waals surface area contributed by atoms with Gasteiger partial charge in [-0.15, -0.1) is 11.8 Å². The third kappa shape index (κ3) is 3.29. The molecule has 0 unspecified atom stereocenters. The van der Waals surface area contributed by atoms with Gasteiger partial charge in [-0.2, -0.15) is 0 Å². The van der Waals surface area contributed by atoms with Crippen molar-refractivity contribution in [2.75, 3.05) is 25.9 Å². The zero-order valence-corrected chi connectivity index (χ0v) is 14.7. The summed E-state index contributed by atoms with van der Waals surface area (Å²) in [6.45, 7) is 4.00. The molecule has 1 aliphatic carbocycles. The highest BCUT2D eigenvalue weighted by Crippen LogP contribution is 2.36. The van der Waals surface area contributed by atoms with Gasteiger partial charge in [-0.25, -0.2) is 0 Å². The molecule has 5 rings (SSSR count). The van der Waals surface area contributed by atoms with Crippen LogP contribution in [-0.2, 0) is 11.3 Å². The molecule has 1 aromatic rings. The summed E-state index contributed by atoms with van der Waals surface area (Å²) in [6.07, 6.45) is 7.08. The lowest BCUT2D eigenvalue weighted by atomic mass is 9.94. The van der Waals surface area contributed by atoms with E-state index in [2.05, 4.69) is 40.3 Å². The summed E-state index contributed by atoms with van der Waals surface area (Å²) in [6, 6.07) is 9.14. The number of nitrogens with zero attached hydrogens (tertiary/aromatic N) is 2. The number of carbonyl (C=O) groups excluding carboxylic acids is 1. The van der Waals surface area contributed by atoms with E-state index in [9.17, 15) is 4.79 Å². The van der Waals surface area contributed by atoms with Gasteiger partial charge in [-0.3, -0.25) is 9.69 Å². The van der Waals surface area contributed by atoms with Gasteiger partial charge in [0.1, 0.15) is 0 Å². The fourth-order valence-electron chi connectivity index (χ4n) is 4.15. The molecule has 1 amide bonds. The lowest BCUT2D eigenvalue weighted by Gasteiger charge is -2.36. The summed E-state index contributed by atoms with van der Waals surface area (Å²) in [5, 5.41) is 0. The quantitative estimate of drug-likeness (QED) is 0.774. The number of carbonyl (C=O) groups is 1. The topological polar surface area (TPSA) is 23.6 Å². The molecule has 23 heavy (non-hydrogen) atoms. The van der Waals surface area contributed by atoms with Crippen LogP contribution in [-0.4, -0.2) is 47.6 Å². The summed E-state index contributed by atoms with van der Waals surface area (Å²) in [5.74, 6) is 1.46. The van der Waals surface area contributed by atoms with E-state index in [1.54, 1.807) is 0 Å². The highest BCUT2D eigenvalue weighted by molar-refractivity contribution is 7.98. The first-order chi connectivity index (χ1) is 11.2. The van der Waals surface area contributed by atoms with Crippen molar-refractivity contribution in [2.45, 2.75) is 43.2 Å². The number of amides is 1. The minimum absolute atomic E-state index is 0.231. The van der Waals surface area contributed by atoms with Gasteiger partial charge in [0.05, 0.1) is 5.92 Å². The highest BCUT2D eigenvalue weighted by Gasteiger charge is 2.42. The van der Waals surface area contributed by atoms with Crippen LogP contribution in [0.5, 0.6) is 0 Å². The molecule has 0 radical (unpaired) electrons. The predicted molar refractivity (Wildman–Crippen MR) is 94.4 cm³/mol. The molecule has 1 saturated carbocycles.